The molecular formula is C17H17N5OS. The maximum absolute atomic E-state index is 12.1. The molecule has 4 N–H and O–H groups in total. The predicted molar refractivity (Wildman–Crippen MR) is 99.0 cm³/mol. The molecule has 0 saturated heterocycles. The maximum atomic E-state index is 12.1. The van der Waals surface area contributed by atoms with E-state index in [1.54, 1.807) is 0 Å². The summed E-state index contributed by atoms with van der Waals surface area (Å²) in [6.07, 6.45) is 0. The maximum Gasteiger partial charge on any atom is 0.326 e. The Morgan fingerprint density at radius 3 is 2.54 bits per heavy atom. The third-order valence-corrected chi connectivity index (χ3v) is 4.39. The van der Waals surface area contributed by atoms with Gasteiger partial charge in [0.2, 0.25) is 11.1 Å². The molecule has 0 aliphatic rings. The van der Waals surface area contributed by atoms with Crippen molar-refractivity contribution in [1.29, 1.82) is 0 Å². The lowest BCUT2D eigenvalue weighted by Gasteiger charge is -2.11. The Bertz CT molecular complexity index is 878. The molecule has 0 saturated carbocycles. The molecule has 7 heteroatoms. The van der Waals surface area contributed by atoms with Gasteiger partial charge in [-0.1, -0.05) is 41.7 Å². The number of urea groups is 1. The first-order chi connectivity index (χ1) is 11.5. The van der Waals surface area contributed by atoms with Gasteiger partial charge in [-0.15, -0.1) is 0 Å². The van der Waals surface area contributed by atoms with Crippen molar-refractivity contribution < 1.29 is 4.79 Å². The number of guanidine groups is 1. The number of aryl methyl sites for hydroxylation is 2. The minimum absolute atomic E-state index is 0.00204. The quantitative estimate of drug-likeness (QED) is 0.491. The fraction of sp³-hybridized carbons (Fsp3) is 0.118. The standard InChI is InChI=1S/C17H17N5OS/c1-10-6-5-7-11(2)14(10)20-16(23)21-15(18)22-17-19-12-8-3-4-9-13(12)24-17/h3-9H,1-2H3,(H4,18,19,20,21,22,23). The van der Waals surface area contributed by atoms with Crippen molar-refractivity contribution in [2.75, 3.05) is 5.32 Å². The number of nitrogens with one attached hydrogen (secondary N) is 2. The van der Waals surface area contributed by atoms with Crippen LogP contribution >= 0.6 is 11.3 Å². The number of aromatic nitrogens is 1. The van der Waals surface area contributed by atoms with Gasteiger partial charge in [0, 0.05) is 5.69 Å². The van der Waals surface area contributed by atoms with Crippen molar-refractivity contribution in [1.82, 2.24) is 10.3 Å². The third-order valence-electron chi connectivity index (χ3n) is 3.46. The molecule has 24 heavy (non-hydrogen) atoms. The molecule has 0 unspecified atom stereocenters. The van der Waals surface area contributed by atoms with E-state index >= 15 is 0 Å². The highest BCUT2D eigenvalue weighted by Gasteiger charge is 2.09. The fourth-order valence-electron chi connectivity index (χ4n) is 2.31. The second-order valence-electron chi connectivity index (χ2n) is 5.31. The molecular weight excluding hydrogens is 322 g/mol. The van der Waals surface area contributed by atoms with E-state index in [2.05, 4.69) is 20.6 Å². The van der Waals surface area contributed by atoms with Gasteiger partial charge >= 0.3 is 6.03 Å². The Balaban J connectivity index is 1.71. The van der Waals surface area contributed by atoms with E-state index in [1.807, 2.05) is 56.3 Å². The zero-order chi connectivity index (χ0) is 17.1. The molecule has 0 radical (unpaired) electrons. The molecule has 0 bridgehead atoms. The van der Waals surface area contributed by atoms with Gasteiger partial charge in [0.1, 0.15) is 0 Å². The van der Waals surface area contributed by atoms with Crippen molar-refractivity contribution in [2.45, 2.75) is 13.8 Å². The highest BCUT2D eigenvalue weighted by atomic mass is 32.1. The number of fused-ring (bicyclic) bond motifs is 1. The monoisotopic (exact) mass is 339 g/mol. The van der Waals surface area contributed by atoms with Crippen LogP contribution in [0.25, 0.3) is 10.2 Å². The van der Waals surface area contributed by atoms with Crippen LogP contribution in [0.5, 0.6) is 0 Å². The number of para-hydroxylation sites is 2. The average molecular weight is 339 g/mol. The normalized spacial score (nSPS) is 11.5. The number of rotatable bonds is 2. The van der Waals surface area contributed by atoms with Crippen LogP contribution in [-0.4, -0.2) is 17.0 Å². The van der Waals surface area contributed by atoms with Crippen molar-refractivity contribution in [3.63, 3.8) is 0 Å². The van der Waals surface area contributed by atoms with Crippen LogP contribution in [0.15, 0.2) is 47.5 Å². The minimum atomic E-state index is -0.435. The van der Waals surface area contributed by atoms with Gasteiger partial charge in [-0.3, -0.25) is 5.32 Å². The van der Waals surface area contributed by atoms with E-state index in [1.165, 1.54) is 11.3 Å². The van der Waals surface area contributed by atoms with Crippen LogP contribution in [-0.2, 0) is 0 Å². The Morgan fingerprint density at radius 2 is 1.83 bits per heavy atom. The summed E-state index contributed by atoms with van der Waals surface area (Å²) in [5, 5.41) is 5.81. The molecule has 0 fully saturated rings. The lowest BCUT2D eigenvalue weighted by atomic mass is 10.1. The number of nitrogens with two attached hydrogens (primary N) is 1. The summed E-state index contributed by atoms with van der Waals surface area (Å²) < 4.78 is 1.02. The van der Waals surface area contributed by atoms with E-state index in [9.17, 15) is 4.79 Å². The third kappa shape index (κ3) is 3.52. The SMILES string of the molecule is Cc1cccc(C)c1NC(=O)NC(N)=Nc1nc2ccccc2s1. The number of aliphatic imine (C=N–C) groups is 1. The van der Waals surface area contributed by atoms with Gasteiger partial charge < -0.3 is 11.1 Å². The summed E-state index contributed by atoms with van der Waals surface area (Å²) in [5.41, 5.74) is 9.38. The number of hydrogen-bond acceptors (Lipinski definition) is 4. The van der Waals surface area contributed by atoms with Gasteiger partial charge in [0.15, 0.2) is 0 Å². The number of thiazole rings is 1. The van der Waals surface area contributed by atoms with Crippen molar-refractivity contribution >= 4 is 44.4 Å². The summed E-state index contributed by atoms with van der Waals surface area (Å²) in [4.78, 5) is 20.6. The number of hydrogen-bond donors (Lipinski definition) is 3. The molecule has 2 amide bonds. The number of anilines is 1. The van der Waals surface area contributed by atoms with E-state index in [-0.39, 0.29) is 5.96 Å². The first-order valence-electron chi connectivity index (χ1n) is 7.37. The molecule has 6 nitrogen and oxygen atoms in total. The highest BCUT2D eigenvalue weighted by molar-refractivity contribution is 7.22. The van der Waals surface area contributed by atoms with Crippen LogP contribution < -0.4 is 16.4 Å². The van der Waals surface area contributed by atoms with Crippen molar-refractivity contribution in [3.8, 4) is 0 Å². The topological polar surface area (TPSA) is 92.4 Å². The Labute approximate surface area is 143 Å². The molecule has 122 valence electrons. The molecule has 0 atom stereocenters. The van der Waals surface area contributed by atoms with Crippen LogP contribution in [0.1, 0.15) is 11.1 Å². The van der Waals surface area contributed by atoms with Gasteiger partial charge in [-0.05, 0) is 37.1 Å². The van der Waals surface area contributed by atoms with E-state index in [4.69, 9.17) is 5.73 Å². The first-order valence-corrected chi connectivity index (χ1v) is 8.18. The van der Waals surface area contributed by atoms with Crippen molar-refractivity contribution in [3.05, 3.63) is 53.6 Å². The predicted octanol–water partition coefficient (Wildman–Crippen LogP) is 3.68. The van der Waals surface area contributed by atoms with Crippen LogP contribution in [0, 0.1) is 13.8 Å². The summed E-state index contributed by atoms with van der Waals surface area (Å²) >= 11 is 1.41. The molecule has 1 aromatic heterocycles. The number of carbonyl (C=O) groups excluding carboxylic acids is 1. The second kappa shape index (κ2) is 6.67. The second-order valence-corrected chi connectivity index (χ2v) is 6.32. The zero-order valence-corrected chi connectivity index (χ0v) is 14.1. The van der Waals surface area contributed by atoms with Crippen LogP contribution in [0.4, 0.5) is 15.6 Å². The average Bonchev–Trinajstić information content (AvgIpc) is 2.93. The summed E-state index contributed by atoms with van der Waals surface area (Å²) in [7, 11) is 0. The van der Waals surface area contributed by atoms with Gasteiger partial charge in [-0.25, -0.2) is 9.78 Å². The van der Waals surface area contributed by atoms with E-state index < -0.39 is 6.03 Å². The van der Waals surface area contributed by atoms with Gasteiger partial charge in [-0.2, -0.15) is 4.99 Å². The lowest BCUT2D eigenvalue weighted by molar-refractivity contribution is 0.256. The summed E-state index contributed by atoms with van der Waals surface area (Å²) in [5.74, 6) is -0.00204. The molecule has 0 spiro atoms. The molecule has 1 heterocycles. The molecule has 2 aromatic carbocycles. The van der Waals surface area contributed by atoms with Crippen LogP contribution in [0.3, 0.4) is 0 Å². The Kier molecular flexibility index (Phi) is 4.43. The van der Waals surface area contributed by atoms with E-state index in [0.29, 0.717) is 5.13 Å². The Morgan fingerprint density at radius 1 is 1.12 bits per heavy atom. The molecule has 0 aliphatic carbocycles. The summed E-state index contributed by atoms with van der Waals surface area (Å²) in [6, 6.07) is 13.1. The van der Waals surface area contributed by atoms with Gasteiger partial charge in [0.25, 0.3) is 0 Å². The van der Waals surface area contributed by atoms with Crippen molar-refractivity contribution in [2.24, 2.45) is 10.7 Å². The lowest BCUT2D eigenvalue weighted by Crippen LogP contribution is -2.39. The van der Waals surface area contributed by atoms with Crippen LogP contribution in [0.2, 0.25) is 0 Å². The smallest absolute Gasteiger partial charge is 0.326 e. The summed E-state index contributed by atoms with van der Waals surface area (Å²) in [6.45, 7) is 3.86. The van der Waals surface area contributed by atoms with E-state index in [0.717, 1.165) is 27.0 Å². The largest absolute Gasteiger partial charge is 0.369 e. The van der Waals surface area contributed by atoms with Gasteiger partial charge in [0.05, 0.1) is 10.2 Å². The fourth-order valence-corrected chi connectivity index (χ4v) is 3.16. The number of amides is 2. The minimum Gasteiger partial charge on any atom is -0.369 e. The molecule has 0 aliphatic heterocycles. The Hall–Kier alpha value is -2.93. The number of nitrogens with zero attached hydrogens (tertiary/aromatic N) is 2. The molecule has 3 rings (SSSR count). The first kappa shape index (κ1) is 15.9. The number of benzene rings is 2. The molecule has 3 aromatic rings. The highest BCUT2D eigenvalue weighted by Crippen LogP contribution is 2.27. The zero-order valence-electron chi connectivity index (χ0n) is 13.3. The number of carbonyl (C=O) groups is 1.